The molecule has 0 bridgehead atoms. The van der Waals surface area contributed by atoms with Crippen molar-refractivity contribution < 1.29 is 38.1 Å². The maximum absolute atomic E-state index is 12.4. The average molecular weight is 414 g/mol. The van der Waals surface area contributed by atoms with Crippen molar-refractivity contribution in [1.29, 1.82) is 0 Å². The van der Waals surface area contributed by atoms with E-state index in [9.17, 15) is 19.2 Å². The molecule has 0 saturated heterocycles. The molecule has 1 N–H and O–H groups in total. The van der Waals surface area contributed by atoms with Crippen molar-refractivity contribution in [1.82, 2.24) is 5.32 Å². The smallest absolute Gasteiger partial charge is 0.408 e. The predicted octanol–water partition coefficient (Wildman–Crippen LogP) is 1.33. The van der Waals surface area contributed by atoms with Crippen LogP contribution in [0.2, 0.25) is 0 Å². The number of fused-ring (bicyclic) bond motifs is 1. The highest BCUT2D eigenvalue weighted by atomic mass is 32.1. The Hall–Kier alpha value is -2.82. The largest absolute Gasteiger partial charge is 0.481 e. The second kappa shape index (κ2) is 8.46. The van der Waals surface area contributed by atoms with E-state index in [0.717, 1.165) is 18.4 Å². The molecule has 1 unspecified atom stereocenters. The number of esters is 2. The van der Waals surface area contributed by atoms with Crippen LogP contribution in [-0.2, 0) is 23.8 Å². The molecule has 11 heteroatoms. The molecule has 0 aliphatic carbocycles. The number of anilines is 1. The molecule has 2 amide bonds. The summed E-state index contributed by atoms with van der Waals surface area (Å²) in [6.45, 7) is 4.47. The van der Waals surface area contributed by atoms with Crippen LogP contribution in [0.4, 0.5) is 10.5 Å². The summed E-state index contributed by atoms with van der Waals surface area (Å²) >= 11 is 1.05. The van der Waals surface area contributed by atoms with Crippen molar-refractivity contribution >= 4 is 41.0 Å². The zero-order valence-electron chi connectivity index (χ0n) is 16.2. The van der Waals surface area contributed by atoms with Gasteiger partial charge >= 0.3 is 18.0 Å². The van der Waals surface area contributed by atoms with Crippen LogP contribution in [0.25, 0.3) is 0 Å². The number of nitrogens with zero attached hydrogens (tertiary/aromatic N) is 1. The van der Waals surface area contributed by atoms with Gasteiger partial charge < -0.3 is 29.2 Å². The van der Waals surface area contributed by atoms with Gasteiger partial charge in [-0.2, -0.15) is 0 Å². The Labute approximate surface area is 165 Å². The van der Waals surface area contributed by atoms with Crippen LogP contribution in [0.1, 0.15) is 30.4 Å². The summed E-state index contributed by atoms with van der Waals surface area (Å²) in [6, 6.07) is -1.22. The number of thiophene rings is 1. The van der Waals surface area contributed by atoms with Crippen molar-refractivity contribution in [3.05, 3.63) is 10.3 Å². The molecule has 154 valence electrons. The van der Waals surface area contributed by atoms with Crippen LogP contribution in [0.5, 0.6) is 5.75 Å². The monoisotopic (exact) mass is 414 g/mol. The number of methoxy groups -OCH3 is 2. The van der Waals surface area contributed by atoms with E-state index in [-0.39, 0.29) is 23.7 Å². The molecule has 10 nitrogen and oxygen atoms in total. The van der Waals surface area contributed by atoms with Crippen molar-refractivity contribution in [3.63, 3.8) is 0 Å². The second-order valence-electron chi connectivity index (χ2n) is 6.78. The Morgan fingerprint density at radius 3 is 2.54 bits per heavy atom. The molecule has 1 atom stereocenters. The fraction of sp³-hybridized carbons (Fsp3) is 0.529. The molecule has 1 aromatic rings. The molecule has 0 radical (unpaired) electrons. The minimum absolute atomic E-state index is 0.145. The lowest BCUT2D eigenvalue weighted by Gasteiger charge is -2.31. The highest BCUT2D eigenvalue weighted by molar-refractivity contribution is 7.13. The first-order chi connectivity index (χ1) is 13.1. The fourth-order valence-electron chi connectivity index (χ4n) is 2.42. The normalized spacial score (nSPS) is 14.5. The average Bonchev–Trinajstić information content (AvgIpc) is 3.04. The number of carbonyl (C=O) groups excluding carboxylic acids is 4. The lowest BCUT2D eigenvalue weighted by atomic mass is 10.2. The quantitative estimate of drug-likeness (QED) is 0.566. The van der Waals surface area contributed by atoms with Gasteiger partial charge in [-0.05, 0) is 20.8 Å². The Morgan fingerprint density at radius 1 is 1.29 bits per heavy atom. The Morgan fingerprint density at radius 2 is 1.96 bits per heavy atom. The minimum Gasteiger partial charge on any atom is -0.481 e. The molecular weight excluding hydrogens is 392 g/mol. The van der Waals surface area contributed by atoms with E-state index in [1.54, 1.807) is 26.2 Å². The molecule has 1 aliphatic heterocycles. The topological polar surface area (TPSA) is 120 Å². The van der Waals surface area contributed by atoms with Gasteiger partial charge in [0.05, 0.1) is 20.8 Å². The standard InChI is InChI=1S/C17H22N2O8S/c1-17(2,3)27-16(23)18-9(14(21)24-4)6-19-11(20)7-26-10-8-28-13(12(10)19)15(22)25-5/h8-9H,6-7H2,1-5H3,(H,18,23). The lowest BCUT2D eigenvalue weighted by molar-refractivity contribution is -0.142. The van der Waals surface area contributed by atoms with Gasteiger partial charge in [0.1, 0.15) is 22.2 Å². The van der Waals surface area contributed by atoms with Crippen LogP contribution in [0, 0.1) is 0 Å². The lowest BCUT2D eigenvalue weighted by Crippen LogP contribution is -2.53. The number of hydrogen-bond acceptors (Lipinski definition) is 9. The number of ether oxygens (including phenoxy) is 4. The van der Waals surface area contributed by atoms with Gasteiger partial charge in [0.15, 0.2) is 12.4 Å². The third kappa shape index (κ3) is 4.91. The summed E-state index contributed by atoms with van der Waals surface area (Å²) in [5.41, 5.74) is -0.592. The fourth-order valence-corrected chi connectivity index (χ4v) is 3.33. The van der Waals surface area contributed by atoms with E-state index >= 15 is 0 Å². The molecule has 1 aliphatic rings. The van der Waals surface area contributed by atoms with Gasteiger partial charge in [-0.15, -0.1) is 11.3 Å². The number of rotatable bonds is 5. The molecular formula is C17H22N2O8S. The van der Waals surface area contributed by atoms with Gasteiger partial charge in [0, 0.05) is 5.38 Å². The Kier molecular flexibility index (Phi) is 6.49. The predicted molar refractivity (Wildman–Crippen MR) is 98.7 cm³/mol. The highest BCUT2D eigenvalue weighted by Gasteiger charge is 2.36. The zero-order chi connectivity index (χ0) is 21.1. The molecule has 0 spiro atoms. The molecule has 0 aromatic carbocycles. The molecule has 2 rings (SSSR count). The summed E-state index contributed by atoms with van der Waals surface area (Å²) in [4.78, 5) is 50.1. The summed E-state index contributed by atoms with van der Waals surface area (Å²) < 4.78 is 19.9. The van der Waals surface area contributed by atoms with E-state index in [1.165, 1.54) is 12.0 Å². The molecule has 1 aromatic heterocycles. The molecule has 0 fully saturated rings. The SMILES string of the molecule is COC(=O)c1scc2c1N(CC(NC(=O)OC(C)(C)C)C(=O)OC)C(=O)CO2. The summed E-state index contributed by atoms with van der Waals surface area (Å²) in [5, 5.41) is 3.96. The van der Waals surface area contributed by atoms with Crippen LogP contribution < -0.4 is 15.0 Å². The second-order valence-corrected chi connectivity index (χ2v) is 7.66. The van der Waals surface area contributed by atoms with E-state index in [0.29, 0.717) is 5.75 Å². The first kappa shape index (κ1) is 21.5. The van der Waals surface area contributed by atoms with Crippen LogP contribution in [-0.4, -0.2) is 63.0 Å². The Bertz CT molecular complexity index is 783. The third-order valence-corrected chi connectivity index (χ3v) is 4.49. The third-order valence-electron chi connectivity index (χ3n) is 3.57. The number of alkyl carbamates (subject to hydrolysis) is 1. The summed E-state index contributed by atoms with van der Waals surface area (Å²) in [7, 11) is 2.37. The number of amides is 2. The zero-order valence-corrected chi connectivity index (χ0v) is 17.0. The van der Waals surface area contributed by atoms with Gasteiger partial charge in [-0.1, -0.05) is 0 Å². The van der Waals surface area contributed by atoms with Crippen molar-refractivity contribution in [2.75, 3.05) is 32.3 Å². The van der Waals surface area contributed by atoms with Crippen LogP contribution in [0.3, 0.4) is 0 Å². The molecule has 28 heavy (non-hydrogen) atoms. The van der Waals surface area contributed by atoms with Crippen molar-refractivity contribution in [2.45, 2.75) is 32.4 Å². The minimum atomic E-state index is -1.22. The number of hydrogen-bond donors (Lipinski definition) is 1. The first-order valence-electron chi connectivity index (χ1n) is 8.27. The van der Waals surface area contributed by atoms with E-state index in [4.69, 9.17) is 18.9 Å². The van der Waals surface area contributed by atoms with Gasteiger partial charge in [0.2, 0.25) is 0 Å². The highest BCUT2D eigenvalue weighted by Crippen LogP contribution is 2.41. The van der Waals surface area contributed by atoms with E-state index in [2.05, 4.69) is 5.32 Å². The van der Waals surface area contributed by atoms with E-state index < -0.39 is 35.6 Å². The van der Waals surface area contributed by atoms with Gasteiger partial charge in [-0.3, -0.25) is 4.79 Å². The van der Waals surface area contributed by atoms with Crippen LogP contribution >= 0.6 is 11.3 Å². The van der Waals surface area contributed by atoms with Crippen molar-refractivity contribution in [3.8, 4) is 5.75 Å². The maximum atomic E-state index is 12.4. The van der Waals surface area contributed by atoms with Gasteiger partial charge in [-0.25, -0.2) is 14.4 Å². The van der Waals surface area contributed by atoms with E-state index in [1.807, 2.05) is 0 Å². The van der Waals surface area contributed by atoms with Crippen LogP contribution in [0.15, 0.2) is 5.38 Å². The van der Waals surface area contributed by atoms with Gasteiger partial charge in [0.25, 0.3) is 5.91 Å². The first-order valence-corrected chi connectivity index (χ1v) is 9.15. The maximum Gasteiger partial charge on any atom is 0.408 e. The van der Waals surface area contributed by atoms with Crippen molar-refractivity contribution in [2.24, 2.45) is 0 Å². The summed E-state index contributed by atoms with van der Waals surface area (Å²) in [6.07, 6.45) is -0.845. The molecule has 0 saturated carbocycles. The number of carbonyl (C=O) groups is 4. The number of nitrogens with one attached hydrogen (secondary N) is 1. The summed E-state index contributed by atoms with van der Waals surface area (Å²) in [5.74, 6) is -1.60. The Balaban J connectivity index is 2.30. The molecule has 2 heterocycles.